The van der Waals surface area contributed by atoms with Gasteiger partial charge in [-0.15, -0.1) is 0 Å². The van der Waals surface area contributed by atoms with Gasteiger partial charge in [0.05, 0.1) is 29.7 Å². The summed E-state index contributed by atoms with van der Waals surface area (Å²) in [5.41, 5.74) is 4.58. The number of ether oxygens (including phenoxy) is 1. The molecule has 212 valence electrons. The van der Waals surface area contributed by atoms with Crippen LogP contribution in [-0.4, -0.2) is 41.3 Å². The number of amides is 3. The Morgan fingerprint density at radius 3 is 2.50 bits per heavy atom. The first-order valence-corrected chi connectivity index (χ1v) is 14.2. The summed E-state index contributed by atoms with van der Waals surface area (Å²) in [5.74, 6) is -3.35. The number of imide groups is 1. The third-order valence-electron chi connectivity index (χ3n) is 9.17. The van der Waals surface area contributed by atoms with Crippen LogP contribution in [-0.2, 0) is 31.1 Å². The number of hydrogen-bond acceptors (Lipinski definition) is 6. The topological polar surface area (TPSA) is 121 Å². The van der Waals surface area contributed by atoms with Gasteiger partial charge in [-0.1, -0.05) is 30.3 Å². The minimum absolute atomic E-state index is 0.239. The molecule has 9 nitrogen and oxygen atoms in total. The van der Waals surface area contributed by atoms with Crippen LogP contribution in [0.1, 0.15) is 39.5 Å². The predicted octanol–water partition coefficient (Wildman–Crippen LogP) is 4.13. The van der Waals surface area contributed by atoms with Gasteiger partial charge in [-0.2, -0.15) is 0 Å². The van der Waals surface area contributed by atoms with Crippen molar-refractivity contribution in [2.45, 2.75) is 38.8 Å². The molecule has 42 heavy (non-hydrogen) atoms. The Morgan fingerprint density at radius 1 is 0.976 bits per heavy atom. The number of aromatic nitrogens is 1. The summed E-state index contributed by atoms with van der Waals surface area (Å²) in [5, 5.41) is 7.61. The van der Waals surface area contributed by atoms with Crippen LogP contribution in [0.25, 0.3) is 10.9 Å². The van der Waals surface area contributed by atoms with E-state index in [9.17, 15) is 19.2 Å². The van der Waals surface area contributed by atoms with Crippen LogP contribution in [0.15, 0.2) is 66.9 Å². The minimum atomic E-state index is -1.40. The quantitative estimate of drug-likeness (QED) is 0.249. The molecule has 3 amide bonds. The van der Waals surface area contributed by atoms with E-state index in [2.05, 4.69) is 15.6 Å². The van der Waals surface area contributed by atoms with Crippen LogP contribution >= 0.6 is 0 Å². The molecule has 3 aliphatic rings. The van der Waals surface area contributed by atoms with E-state index < -0.39 is 35.3 Å². The van der Waals surface area contributed by atoms with E-state index in [1.54, 1.807) is 31.2 Å². The van der Waals surface area contributed by atoms with Crippen molar-refractivity contribution in [3.05, 3.63) is 94.7 Å². The number of fused-ring (bicyclic) bond motifs is 5. The van der Waals surface area contributed by atoms with E-state index in [0.717, 1.165) is 27.6 Å². The van der Waals surface area contributed by atoms with E-state index in [4.69, 9.17) is 4.74 Å². The first-order valence-electron chi connectivity index (χ1n) is 14.2. The summed E-state index contributed by atoms with van der Waals surface area (Å²) in [4.78, 5) is 59.2. The van der Waals surface area contributed by atoms with Crippen LogP contribution in [0.5, 0.6) is 0 Å². The van der Waals surface area contributed by atoms with Crippen molar-refractivity contribution in [1.82, 2.24) is 10.3 Å². The summed E-state index contributed by atoms with van der Waals surface area (Å²) < 4.78 is 5.08. The number of rotatable bonds is 5. The molecule has 0 bridgehead atoms. The Labute approximate surface area is 242 Å². The Morgan fingerprint density at radius 2 is 1.74 bits per heavy atom. The zero-order valence-corrected chi connectivity index (χ0v) is 23.5. The van der Waals surface area contributed by atoms with Gasteiger partial charge < -0.3 is 15.0 Å². The molecule has 3 N–H and O–H groups in total. The Bertz CT molecular complexity index is 1810. The number of carbonyl (C=O) groups is 4. The maximum absolute atomic E-state index is 14.3. The van der Waals surface area contributed by atoms with Crippen molar-refractivity contribution < 1.29 is 23.9 Å². The second-order valence-electron chi connectivity index (χ2n) is 11.3. The van der Waals surface area contributed by atoms with Crippen molar-refractivity contribution in [1.29, 1.82) is 0 Å². The summed E-state index contributed by atoms with van der Waals surface area (Å²) >= 11 is 0. The van der Waals surface area contributed by atoms with Gasteiger partial charge in [0.1, 0.15) is 5.54 Å². The molecule has 7 rings (SSSR count). The molecule has 2 saturated heterocycles. The SMILES string of the molecule is CCOC(=O)c1ccc(N2C(=O)[C@@H]3[C@H](Cc4c[nH]c5ccccc45)N[C@@]4(C(=O)Nc5c4ccc(C)c5C)[C@@H]3C2=O)cc1. The maximum Gasteiger partial charge on any atom is 0.338 e. The van der Waals surface area contributed by atoms with Crippen LogP contribution in [0.3, 0.4) is 0 Å². The summed E-state index contributed by atoms with van der Waals surface area (Å²) in [6.07, 6.45) is 2.37. The van der Waals surface area contributed by atoms with E-state index in [-0.39, 0.29) is 18.4 Å². The Kier molecular flexibility index (Phi) is 5.85. The van der Waals surface area contributed by atoms with Gasteiger partial charge in [0.2, 0.25) is 17.7 Å². The molecule has 4 aromatic rings. The monoisotopic (exact) mass is 562 g/mol. The number of benzene rings is 3. The lowest BCUT2D eigenvalue weighted by atomic mass is 9.75. The standard InChI is InChI=1S/C33H30N4O5/c1-4-42-31(40)19-10-12-21(13-11-19)37-29(38)26-25(15-20-16-34-24-8-6-5-7-22(20)24)36-33(27(26)30(37)39)23-14-9-17(2)18(3)28(23)35-32(33)41/h5-14,16,25-27,34,36H,4,15H2,1-3H3,(H,35,41)/t25-,26+,27-,33+/m0/s1. The Balaban J connectivity index is 1.34. The first-order chi connectivity index (χ1) is 20.3. The minimum Gasteiger partial charge on any atom is -0.462 e. The van der Waals surface area contributed by atoms with Gasteiger partial charge in [-0.3, -0.25) is 19.7 Å². The van der Waals surface area contributed by atoms with Gasteiger partial charge in [-0.05, 0) is 74.2 Å². The number of carbonyl (C=O) groups excluding carboxylic acids is 4. The average Bonchev–Trinajstić information content (AvgIpc) is 3.70. The number of aryl methyl sites for hydroxylation is 1. The van der Waals surface area contributed by atoms with Crippen LogP contribution in [0.4, 0.5) is 11.4 Å². The second-order valence-corrected chi connectivity index (χ2v) is 11.3. The lowest BCUT2D eigenvalue weighted by molar-refractivity contribution is -0.130. The third kappa shape index (κ3) is 3.53. The van der Waals surface area contributed by atoms with Crippen molar-refractivity contribution in [2.24, 2.45) is 11.8 Å². The maximum atomic E-state index is 14.3. The van der Waals surface area contributed by atoms with Gasteiger partial charge in [-0.25, -0.2) is 9.69 Å². The fourth-order valence-corrected chi connectivity index (χ4v) is 7.05. The van der Waals surface area contributed by atoms with Crippen molar-refractivity contribution in [3.8, 4) is 0 Å². The molecular formula is C33H30N4O5. The van der Waals surface area contributed by atoms with Crippen LogP contribution < -0.4 is 15.5 Å². The molecule has 0 radical (unpaired) electrons. The highest BCUT2D eigenvalue weighted by molar-refractivity contribution is 6.26. The Hall–Kier alpha value is -4.76. The van der Waals surface area contributed by atoms with Gasteiger partial charge in [0, 0.05) is 34.4 Å². The molecule has 9 heteroatoms. The van der Waals surface area contributed by atoms with Crippen molar-refractivity contribution in [2.75, 3.05) is 16.8 Å². The summed E-state index contributed by atoms with van der Waals surface area (Å²) in [6, 6.07) is 17.5. The highest BCUT2D eigenvalue weighted by atomic mass is 16.5. The molecule has 1 spiro atoms. The number of hydrogen-bond donors (Lipinski definition) is 3. The van der Waals surface area contributed by atoms with E-state index in [0.29, 0.717) is 28.9 Å². The second kappa shape index (κ2) is 9.39. The predicted molar refractivity (Wildman–Crippen MR) is 157 cm³/mol. The molecule has 4 heterocycles. The number of para-hydroxylation sites is 1. The molecule has 3 aromatic carbocycles. The first kappa shape index (κ1) is 26.2. The number of nitrogens with one attached hydrogen (secondary N) is 3. The molecular weight excluding hydrogens is 532 g/mol. The van der Waals surface area contributed by atoms with E-state index >= 15 is 0 Å². The molecule has 0 unspecified atom stereocenters. The molecule has 2 fully saturated rings. The van der Waals surface area contributed by atoms with Gasteiger partial charge in [0.15, 0.2) is 0 Å². The highest BCUT2D eigenvalue weighted by Gasteiger charge is 2.70. The molecule has 4 atom stereocenters. The number of anilines is 2. The fraction of sp³-hybridized carbons (Fsp3) is 0.273. The molecule has 0 aliphatic carbocycles. The summed E-state index contributed by atoms with van der Waals surface area (Å²) in [7, 11) is 0. The van der Waals surface area contributed by atoms with Gasteiger partial charge in [0.25, 0.3) is 0 Å². The normalized spacial score (nSPS) is 24.4. The highest BCUT2D eigenvalue weighted by Crippen LogP contribution is 2.54. The third-order valence-corrected chi connectivity index (χ3v) is 9.17. The molecule has 3 aliphatic heterocycles. The van der Waals surface area contributed by atoms with E-state index in [1.807, 2.05) is 56.4 Å². The molecule has 0 saturated carbocycles. The number of H-pyrrole nitrogens is 1. The molecule has 1 aromatic heterocycles. The lowest BCUT2D eigenvalue weighted by Crippen LogP contribution is -2.53. The zero-order chi connectivity index (χ0) is 29.3. The van der Waals surface area contributed by atoms with Crippen LogP contribution in [0, 0.1) is 25.7 Å². The number of esters is 1. The van der Waals surface area contributed by atoms with E-state index in [1.165, 1.54) is 4.90 Å². The smallest absolute Gasteiger partial charge is 0.338 e. The van der Waals surface area contributed by atoms with Crippen molar-refractivity contribution in [3.63, 3.8) is 0 Å². The number of aromatic amines is 1. The largest absolute Gasteiger partial charge is 0.462 e. The average molecular weight is 563 g/mol. The lowest BCUT2D eigenvalue weighted by Gasteiger charge is -2.29. The number of nitrogens with zero attached hydrogens (tertiary/aromatic N) is 1. The van der Waals surface area contributed by atoms with Gasteiger partial charge >= 0.3 is 5.97 Å². The van der Waals surface area contributed by atoms with Crippen LogP contribution in [0.2, 0.25) is 0 Å². The zero-order valence-electron chi connectivity index (χ0n) is 23.5. The fourth-order valence-electron chi connectivity index (χ4n) is 7.05. The summed E-state index contributed by atoms with van der Waals surface area (Å²) in [6.45, 7) is 5.89. The van der Waals surface area contributed by atoms with Crippen molar-refractivity contribution >= 4 is 46.0 Å².